The van der Waals surface area contributed by atoms with Crippen LogP contribution in [-0.2, 0) is 6.98 Å². The van der Waals surface area contributed by atoms with Crippen molar-refractivity contribution in [2.75, 3.05) is 0 Å². The van der Waals surface area contributed by atoms with E-state index in [9.17, 15) is 4.79 Å². The van der Waals surface area contributed by atoms with Crippen LogP contribution in [0, 0.1) is 0 Å². The fourth-order valence-corrected chi connectivity index (χ4v) is 1.13. The van der Waals surface area contributed by atoms with Crippen molar-refractivity contribution in [3.05, 3.63) is 33.2 Å². The third kappa shape index (κ3) is 1.35. The van der Waals surface area contributed by atoms with E-state index in [1.165, 1.54) is 0 Å². The quantitative estimate of drug-likeness (QED) is 0.699. The maximum atomic E-state index is 12.0. The number of fused-ring (bicyclic) bond motifs is 1. The van der Waals surface area contributed by atoms with Crippen molar-refractivity contribution < 1.29 is 8.22 Å². The average molecular weight is 246 g/mol. The number of halogens is 1. The molecule has 0 aromatic carbocycles. The zero-order chi connectivity index (χ0) is 14.5. The highest BCUT2D eigenvalue weighted by Crippen LogP contribution is 2.12. The van der Waals surface area contributed by atoms with E-state index in [-0.39, 0.29) is 26.8 Å². The molecular weight excluding hydrogens is 234 g/mol. The van der Waals surface area contributed by atoms with Crippen molar-refractivity contribution in [2.45, 2.75) is 0 Å². The molecule has 0 amide bonds. The van der Waals surface area contributed by atoms with E-state index < -0.39 is 24.2 Å². The van der Waals surface area contributed by atoms with E-state index in [0.717, 1.165) is 0 Å². The SMILES string of the molecule is [2H]c1nc2c(=O)n(C([2H])([2H])[2H])nc([2H])c2c([2H])c1Br. The second-order valence-electron chi connectivity index (χ2n) is 2.21. The van der Waals surface area contributed by atoms with Crippen LogP contribution >= 0.6 is 15.9 Å². The normalized spacial score (nSPS) is 18.2. The Morgan fingerprint density at radius 1 is 1.69 bits per heavy atom. The highest BCUT2D eigenvalue weighted by Gasteiger charge is 2.02. The molecule has 2 rings (SSSR count). The third-order valence-corrected chi connectivity index (χ3v) is 1.77. The molecule has 13 heavy (non-hydrogen) atoms. The molecule has 0 saturated heterocycles. The van der Waals surface area contributed by atoms with Gasteiger partial charge in [0.15, 0.2) is 0 Å². The Balaban J connectivity index is 3.04. The van der Waals surface area contributed by atoms with Gasteiger partial charge in [-0.3, -0.25) is 4.79 Å². The fraction of sp³-hybridized carbons (Fsp3) is 0.125. The number of pyridine rings is 1. The van der Waals surface area contributed by atoms with Crippen LogP contribution in [0.25, 0.3) is 10.9 Å². The Bertz CT molecular complexity index is 740. The summed E-state index contributed by atoms with van der Waals surface area (Å²) in [5.74, 6) is 0. The number of hydrogen-bond donors (Lipinski definition) is 0. The summed E-state index contributed by atoms with van der Waals surface area (Å²) < 4.78 is 44.5. The van der Waals surface area contributed by atoms with E-state index in [1.807, 2.05) is 0 Å². The van der Waals surface area contributed by atoms with Gasteiger partial charge in [-0.2, -0.15) is 5.10 Å². The monoisotopic (exact) mass is 245 g/mol. The van der Waals surface area contributed by atoms with E-state index in [2.05, 4.69) is 26.0 Å². The summed E-state index contributed by atoms with van der Waals surface area (Å²) in [6, 6.07) is -0.290. The van der Waals surface area contributed by atoms with Crippen LogP contribution in [0.3, 0.4) is 0 Å². The van der Waals surface area contributed by atoms with E-state index in [0.29, 0.717) is 0 Å². The Hall–Kier alpha value is -1.23. The molecule has 66 valence electrons. The molecule has 0 aliphatic rings. The van der Waals surface area contributed by atoms with Crippen molar-refractivity contribution in [1.82, 2.24) is 14.8 Å². The Morgan fingerprint density at radius 2 is 2.54 bits per heavy atom. The van der Waals surface area contributed by atoms with Gasteiger partial charge in [0.25, 0.3) is 5.56 Å². The summed E-state index contributed by atoms with van der Waals surface area (Å²) in [5.41, 5.74) is -1.48. The minimum atomic E-state index is -2.85. The zero-order valence-corrected chi connectivity index (χ0v) is 7.71. The molecule has 0 radical (unpaired) electrons. The molecule has 2 heterocycles. The Labute approximate surface area is 90.8 Å². The van der Waals surface area contributed by atoms with E-state index in [1.54, 1.807) is 0 Å². The summed E-state index contributed by atoms with van der Waals surface area (Å²) in [6.45, 7) is -2.85. The van der Waals surface area contributed by atoms with Gasteiger partial charge in [0, 0.05) is 27.1 Å². The van der Waals surface area contributed by atoms with Gasteiger partial charge < -0.3 is 0 Å². The number of rotatable bonds is 0. The minimum absolute atomic E-state index is 0.0151. The number of hydrogen-bond acceptors (Lipinski definition) is 3. The lowest BCUT2D eigenvalue weighted by Crippen LogP contribution is -2.19. The molecule has 2 aromatic rings. The topological polar surface area (TPSA) is 47.8 Å². The van der Waals surface area contributed by atoms with Crippen molar-refractivity contribution >= 4 is 26.8 Å². The Morgan fingerprint density at radius 3 is 3.31 bits per heavy atom. The van der Waals surface area contributed by atoms with Gasteiger partial charge in [-0.25, -0.2) is 9.67 Å². The molecule has 0 bridgehead atoms. The largest absolute Gasteiger partial charge is 0.292 e. The van der Waals surface area contributed by atoms with Crippen LogP contribution in [0.15, 0.2) is 27.7 Å². The van der Waals surface area contributed by atoms with E-state index >= 15 is 0 Å². The highest BCUT2D eigenvalue weighted by atomic mass is 79.9. The maximum absolute atomic E-state index is 12.0. The fourth-order valence-electron chi connectivity index (χ4n) is 0.839. The summed E-state index contributed by atoms with van der Waals surface area (Å²) in [6.07, 6.45) is -0.929. The lowest BCUT2D eigenvalue weighted by atomic mass is 10.3. The molecular formula is C8H6BrN3O. The number of aryl methyl sites for hydroxylation is 1. The minimum Gasteiger partial charge on any atom is -0.265 e. The van der Waals surface area contributed by atoms with Gasteiger partial charge in [-0.05, 0) is 22.0 Å². The molecule has 0 aliphatic heterocycles. The first-order valence-electron chi connectivity index (χ1n) is 6.21. The third-order valence-electron chi connectivity index (χ3n) is 1.39. The van der Waals surface area contributed by atoms with Gasteiger partial charge in [0.05, 0.1) is 10.3 Å². The summed E-state index contributed by atoms with van der Waals surface area (Å²) in [7, 11) is 0. The standard InChI is InChI=1S/C8H6BrN3O/c1-12-8(13)7-5(3-11-12)2-6(9)4-10-7/h2-4H,1H3/i1D3,2D,3D,4D. The molecule has 5 heteroatoms. The first-order valence-corrected chi connectivity index (χ1v) is 4.00. The lowest BCUT2D eigenvalue weighted by Gasteiger charge is -1.98. The molecule has 0 unspecified atom stereocenters. The molecule has 0 fully saturated rings. The Kier molecular flexibility index (Phi) is 0.870. The van der Waals surface area contributed by atoms with Crippen LogP contribution in [0.5, 0.6) is 0 Å². The summed E-state index contributed by atoms with van der Waals surface area (Å²) >= 11 is 2.95. The van der Waals surface area contributed by atoms with E-state index in [4.69, 9.17) is 8.22 Å². The molecule has 0 N–H and O–H groups in total. The highest BCUT2D eigenvalue weighted by molar-refractivity contribution is 9.10. The van der Waals surface area contributed by atoms with Crippen molar-refractivity contribution in [2.24, 2.45) is 6.98 Å². The predicted molar refractivity (Wildman–Crippen MR) is 52.5 cm³/mol. The van der Waals surface area contributed by atoms with Crippen molar-refractivity contribution in [3.63, 3.8) is 0 Å². The maximum Gasteiger partial charge on any atom is 0.292 e. The zero-order valence-electron chi connectivity index (χ0n) is 12.1. The smallest absolute Gasteiger partial charge is 0.265 e. The summed E-state index contributed by atoms with van der Waals surface area (Å²) in [5, 5.41) is 3.18. The lowest BCUT2D eigenvalue weighted by molar-refractivity contribution is 0.716. The predicted octanol–water partition coefficient (Wildman–Crippen LogP) is 1.09. The van der Waals surface area contributed by atoms with Crippen LogP contribution in [0.4, 0.5) is 0 Å². The average Bonchev–Trinajstić information content (AvgIpc) is 2.28. The van der Waals surface area contributed by atoms with Gasteiger partial charge in [-0.15, -0.1) is 0 Å². The van der Waals surface area contributed by atoms with Crippen LogP contribution in [0.1, 0.15) is 8.22 Å². The molecule has 0 saturated carbocycles. The van der Waals surface area contributed by atoms with Crippen molar-refractivity contribution in [3.8, 4) is 0 Å². The van der Waals surface area contributed by atoms with Gasteiger partial charge in [-0.1, -0.05) is 0 Å². The van der Waals surface area contributed by atoms with Crippen LogP contribution in [-0.4, -0.2) is 14.8 Å². The molecule has 0 aliphatic carbocycles. The second kappa shape index (κ2) is 2.92. The van der Waals surface area contributed by atoms with Crippen LogP contribution < -0.4 is 5.56 Å². The number of nitrogens with zero attached hydrogens (tertiary/aromatic N) is 3. The van der Waals surface area contributed by atoms with Gasteiger partial charge in [0.1, 0.15) is 5.52 Å². The van der Waals surface area contributed by atoms with Gasteiger partial charge in [0.2, 0.25) is 0 Å². The molecule has 0 atom stereocenters. The molecule has 4 nitrogen and oxygen atoms in total. The van der Waals surface area contributed by atoms with Crippen LogP contribution in [0.2, 0.25) is 0 Å². The van der Waals surface area contributed by atoms with Crippen molar-refractivity contribution in [1.29, 1.82) is 0 Å². The first-order chi connectivity index (χ1) is 8.64. The molecule has 2 aromatic heterocycles. The second-order valence-corrected chi connectivity index (χ2v) is 3.01. The summed E-state index contributed by atoms with van der Waals surface area (Å²) in [4.78, 5) is 15.6. The van der Waals surface area contributed by atoms with Gasteiger partial charge >= 0.3 is 0 Å². The first kappa shape index (κ1) is 3.88. The number of aromatic nitrogens is 3. The molecule has 0 spiro atoms.